The molecule has 1 unspecified atom stereocenters. The summed E-state index contributed by atoms with van der Waals surface area (Å²) in [6, 6.07) is 17.1. The molecule has 7 heteroatoms. The van der Waals surface area contributed by atoms with Gasteiger partial charge in [0.1, 0.15) is 24.2 Å². The summed E-state index contributed by atoms with van der Waals surface area (Å²) in [5.74, 6) is 4.68. The molecule has 0 amide bonds. The number of benzene rings is 2. The van der Waals surface area contributed by atoms with Crippen molar-refractivity contribution >= 4 is 30.5 Å². The lowest BCUT2D eigenvalue weighted by Crippen LogP contribution is -2.49. The van der Waals surface area contributed by atoms with Crippen LogP contribution in [0.25, 0.3) is 0 Å². The molecule has 1 atom stereocenters. The van der Waals surface area contributed by atoms with Crippen molar-refractivity contribution in [1.82, 2.24) is 4.90 Å². The molecule has 37 heavy (non-hydrogen) atoms. The molecule has 4 bridgehead atoms. The second-order valence-electron chi connectivity index (χ2n) is 11.6. The number of methoxy groups -OCH3 is 1. The van der Waals surface area contributed by atoms with E-state index in [1.165, 1.54) is 44.1 Å². The Kier molecular flexibility index (Phi) is 9.21. The number of halogens is 2. The van der Waals surface area contributed by atoms with Gasteiger partial charge in [0, 0.05) is 32.7 Å². The number of hydrogen-bond acceptors (Lipinski definition) is 5. The molecule has 4 aliphatic carbocycles. The van der Waals surface area contributed by atoms with Crippen LogP contribution in [0.3, 0.4) is 0 Å². The number of piperazine rings is 1. The van der Waals surface area contributed by atoms with Crippen LogP contribution in [0.5, 0.6) is 11.5 Å². The van der Waals surface area contributed by atoms with E-state index < -0.39 is 6.10 Å². The fraction of sp³-hybridized carbons (Fsp3) is 0.600. The molecule has 2 aromatic carbocycles. The lowest BCUT2D eigenvalue weighted by atomic mass is 9.48. The van der Waals surface area contributed by atoms with Crippen LogP contribution in [0.2, 0.25) is 0 Å². The monoisotopic (exact) mass is 548 g/mol. The molecule has 5 fully saturated rings. The van der Waals surface area contributed by atoms with Gasteiger partial charge in [-0.3, -0.25) is 4.90 Å². The molecule has 0 radical (unpaired) electrons. The fourth-order valence-electron chi connectivity index (χ4n) is 7.97. The molecule has 0 aromatic heterocycles. The zero-order chi connectivity index (χ0) is 23.8. The zero-order valence-corrected chi connectivity index (χ0v) is 23.5. The first-order valence-electron chi connectivity index (χ1n) is 13.6. The molecule has 5 nitrogen and oxygen atoms in total. The van der Waals surface area contributed by atoms with Gasteiger partial charge in [-0.05, 0) is 91.5 Å². The number of aliphatic hydroxyl groups is 1. The number of ether oxygens (including phenoxy) is 2. The van der Waals surface area contributed by atoms with Crippen LogP contribution >= 0.6 is 24.8 Å². The Hall–Kier alpha value is -1.66. The van der Waals surface area contributed by atoms with Crippen molar-refractivity contribution in [1.29, 1.82) is 0 Å². The van der Waals surface area contributed by atoms with Gasteiger partial charge in [0.05, 0.1) is 12.8 Å². The summed E-state index contributed by atoms with van der Waals surface area (Å²) in [5.41, 5.74) is 3.10. The molecular weight excluding hydrogens is 507 g/mol. The largest absolute Gasteiger partial charge is 0.495 e. The van der Waals surface area contributed by atoms with E-state index in [9.17, 15) is 5.11 Å². The highest BCUT2D eigenvalue weighted by Crippen LogP contribution is 2.60. The Morgan fingerprint density at radius 2 is 1.46 bits per heavy atom. The summed E-state index contributed by atoms with van der Waals surface area (Å²) in [6.45, 7) is 4.69. The summed E-state index contributed by atoms with van der Waals surface area (Å²) < 4.78 is 11.5. The first kappa shape index (κ1) is 28.4. The lowest BCUT2D eigenvalue weighted by molar-refractivity contribution is -0.00522. The number of hydrogen-bond donors (Lipinski definition) is 1. The number of β-amino-alcohol motifs (C(OH)–C–C–N with tert-alkyl or cyclic N) is 1. The zero-order valence-electron chi connectivity index (χ0n) is 21.9. The maximum atomic E-state index is 10.6. The molecule has 204 valence electrons. The van der Waals surface area contributed by atoms with Crippen molar-refractivity contribution in [2.45, 2.75) is 50.0 Å². The number of rotatable bonds is 8. The number of para-hydroxylation sites is 2. The number of anilines is 1. The minimum absolute atomic E-state index is 0. The molecule has 1 heterocycles. The standard InChI is InChI=1S/C30H40N2O3.2ClH/c1-34-29-5-3-2-4-28(29)32-12-10-31(11-13-32)20-26(33)21-35-27-8-6-25(7-9-27)30-17-22-14-23(18-30)16-24(15-22)19-30;;/h2-9,22-24,26,33H,10-21H2,1H3;2*1H. The van der Waals surface area contributed by atoms with Gasteiger partial charge in [-0.15, -0.1) is 24.8 Å². The Balaban J connectivity index is 0.00000160. The highest BCUT2D eigenvalue weighted by molar-refractivity contribution is 5.85. The number of nitrogens with zero attached hydrogens (tertiary/aromatic N) is 2. The molecule has 5 aliphatic rings. The summed E-state index contributed by atoms with van der Waals surface area (Å²) in [5, 5.41) is 10.6. The van der Waals surface area contributed by atoms with E-state index in [0.717, 1.165) is 61.1 Å². The predicted molar refractivity (Wildman–Crippen MR) is 154 cm³/mol. The van der Waals surface area contributed by atoms with E-state index in [0.29, 0.717) is 18.6 Å². The van der Waals surface area contributed by atoms with Crippen molar-refractivity contribution in [3.05, 3.63) is 54.1 Å². The summed E-state index contributed by atoms with van der Waals surface area (Å²) >= 11 is 0. The highest BCUT2D eigenvalue weighted by Gasteiger charge is 2.51. The van der Waals surface area contributed by atoms with E-state index >= 15 is 0 Å². The van der Waals surface area contributed by atoms with Gasteiger partial charge in [-0.1, -0.05) is 24.3 Å². The van der Waals surface area contributed by atoms with Crippen molar-refractivity contribution in [2.75, 3.05) is 51.3 Å². The fourth-order valence-corrected chi connectivity index (χ4v) is 7.97. The van der Waals surface area contributed by atoms with E-state index in [1.54, 1.807) is 7.11 Å². The Morgan fingerprint density at radius 3 is 2.05 bits per heavy atom. The van der Waals surface area contributed by atoms with Crippen LogP contribution in [0, 0.1) is 17.8 Å². The Labute approximate surface area is 234 Å². The maximum Gasteiger partial charge on any atom is 0.142 e. The van der Waals surface area contributed by atoms with Gasteiger partial charge in [0.25, 0.3) is 0 Å². The van der Waals surface area contributed by atoms with Crippen LogP contribution in [0.15, 0.2) is 48.5 Å². The Bertz CT molecular complexity index is 975. The molecule has 1 N–H and O–H groups in total. The third-order valence-corrected chi connectivity index (χ3v) is 9.21. The third kappa shape index (κ3) is 6.00. The second-order valence-corrected chi connectivity index (χ2v) is 11.6. The minimum atomic E-state index is -0.490. The molecule has 2 aromatic rings. The topological polar surface area (TPSA) is 45.2 Å². The molecule has 7 rings (SSSR count). The summed E-state index contributed by atoms with van der Waals surface area (Å²) in [6.07, 6.45) is 8.12. The van der Waals surface area contributed by atoms with E-state index in [-0.39, 0.29) is 24.8 Å². The van der Waals surface area contributed by atoms with Crippen LogP contribution in [-0.4, -0.2) is 62.6 Å². The maximum absolute atomic E-state index is 10.6. The van der Waals surface area contributed by atoms with Crippen LogP contribution in [0.1, 0.15) is 44.1 Å². The first-order valence-corrected chi connectivity index (χ1v) is 13.6. The Morgan fingerprint density at radius 1 is 0.865 bits per heavy atom. The normalized spacial score (nSPS) is 29.2. The van der Waals surface area contributed by atoms with Crippen LogP contribution < -0.4 is 14.4 Å². The molecule has 1 saturated heterocycles. The van der Waals surface area contributed by atoms with Gasteiger partial charge >= 0.3 is 0 Å². The summed E-state index contributed by atoms with van der Waals surface area (Å²) in [7, 11) is 1.72. The predicted octanol–water partition coefficient (Wildman–Crippen LogP) is 5.57. The third-order valence-electron chi connectivity index (χ3n) is 9.21. The first-order chi connectivity index (χ1) is 17.1. The molecule has 4 saturated carbocycles. The van der Waals surface area contributed by atoms with Gasteiger partial charge in [0.15, 0.2) is 0 Å². The van der Waals surface area contributed by atoms with Crippen molar-refractivity contribution in [2.24, 2.45) is 17.8 Å². The SMILES string of the molecule is COc1ccccc1N1CCN(CC(O)COc2ccc(C34CC5CC(CC(C5)C3)C4)cc2)CC1.Cl.Cl. The van der Waals surface area contributed by atoms with Gasteiger partial charge in [-0.2, -0.15) is 0 Å². The van der Waals surface area contributed by atoms with E-state index in [4.69, 9.17) is 9.47 Å². The molecular formula is C30H42Cl2N2O3. The van der Waals surface area contributed by atoms with Crippen molar-refractivity contribution < 1.29 is 14.6 Å². The van der Waals surface area contributed by atoms with Crippen LogP contribution in [0.4, 0.5) is 5.69 Å². The highest BCUT2D eigenvalue weighted by atomic mass is 35.5. The quantitative estimate of drug-likeness (QED) is 0.467. The van der Waals surface area contributed by atoms with E-state index in [1.807, 2.05) is 12.1 Å². The lowest BCUT2D eigenvalue weighted by Gasteiger charge is -2.57. The van der Waals surface area contributed by atoms with Crippen molar-refractivity contribution in [3.63, 3.8) is 0 Å². The molecule has 1 aliphatic heterocycles. The van der Waals surface area contributed by atoms with Gasteiger partial charge in [-0.25, -0.2) is 0 Å². The second kappa shape index (κ2) is 12.0. The average Bonchev–Trinajstić information content (AvgIpc) is 2.87. The van der Waals surface area contributed by atoms with Gasteiger partial charge in [0.2, 0.25) is 0 Å². The van der Waals surface area contributed by atoms with Crippen LogP contribution in [-0.2, 0) is 5.41 Å². The molecule has 0 spiro atoms. The van der Waals surface area contributed by atoms with Crippen molar-refractivity contribution in [3.8, 4) is 11.5 Å². The minimum Gasteiger partial charge on any atom is -0.495 e. The smallest absolute Gasteiger partial charge is 0.142 e. The average molecular weight is 550 g/mol. The van der Waals surface area contributed by atoms with E-state index in [2.05, 4.69) is 46.2 Å². The number of aliphatic hydroxyl groups excluding tert-OH is 1. The van der Waals surface area contributed by atoms with Gasteiger partial charge < -0.3 is 19.5 Å². The summed E-state index contributed by atoms with van der Waals surface area (Å²) in [4.78, 5) is 4.69.